The lowest BCUT2D eigenvalue weighted by Crippen LogP contribution is -2.58. The Morgan fingerprint density at radius 1 is 0.520 bits per heavy atom. The van der Waals surface area contributed by atoms with E-state index in [1.54, 1.807) is 155 Å². The van der Waals surface area contributed by atoms with E-state index in [0.717, 1.165) is 0 Å². The number of aromatic hydroxyl groups is 2. The van der Waals surface area contributed by atoms with Crippen molar-refractivity contribution in [3.05, 3.63) is 201 Å². The number of phenolic OH excluding ortho intramolecular Hbond substituents is 2. The second-order valence-electron chi connectivity index (χ2n) is 23.0. The average molecular weight is 1450 g/mol. The highest BCUT2D eigenvalue weighted by Crippen LogP contribution is 2.34. The molecule has 7 amide bonds. The zero-order valence-electron chi connectivity index (χ0n) is 54.0. The predicted octanol–water partition coefficient (Wildman–Crippen LogP) is 10.1. The van der Waals surface area contributed by atoms with Crippen molar-refractivity contribution in [3.63, 3.8) is 0 Å². The number of halogens is 3. The number of ether oxygens (including phenoxy) is 4. The second kappa shape index (κ2) is 38.0. The molecule has 4 fully saturated rings. The number of hydrogen-bond acceptors (Lipinski definition) is 15. The monoisotopic (exact) mass is 1450 g/mol. The lowest BCUT2D eigenvalue weighted by atomic mass is 10.0. The van der Waals surface area contributed by atoms with Gasteiger partial charge in [-0.1, -0.05) is 130 Å². The number of urea groups is 1. The molecule has 24 nitrogen and oxygen atoms in total. The van der Waals surface area contributed by atoms with E-state index in [1.807, 2.05) is 24.3 Å². The number of hydrogen-bond donors (Lipinski definition) is 6. The molecule has 0 aliphatic carbocycles. The summed E-state index contributed by atoms with van der Waals surface area (Å²) >= 11 is 17.5. The fourth-order valence-corrected chi connectivity index (χ4v) is 11.4. The van der Waals surface area contributed by atoms with Crippen LogP contribution in [0.15, 0.2) is 158 Å². The summed E-state index contributed by atoms with van der Waals surface area (Å²) < 4.78 is 24.7. The van der Waals surface area contributed by atoms with Gasteiger partial charge in [-0.15, -0.1) is 0 Å². The smallest absolute Gasteiger partial charge is 0.318 e. The van der Waals surface area contributed by atoms with Crippen LogP contribution in [0.4, 0.5) is 21.0 Å². The first kappa shape index (κ1) is 79.1. The van der Waals surface area contributed by atoms with Crippen molar-refractivity contribution >= 4 is 81.2 Å². The van der Waals surface area contributed by atoms with Crippen LogP contribution in [0.1, 0.15) is 67.7 Å². The van der Waals surface area contributed by atoms with Crippen molar-refractivity contribution in [1.82, 2.24) is 44.5 Å². The summed E-state index contributed by atoms with van der Waals surface area (Å²) in [6.45, 7) is 5.32. The number of anilines is 2. The molecule has 4 aliphatic rings. The van der Waals surface area contributed by atoms with Gasteiger partial charge in [0.25, 0.3) is 5.91 Å². The number of carbonyl (C=O) groups excluding carboxylic acids is 6. The quantitative estimate of drug-likeness (QED) is 0.0399. The van der Waals surface area contributed by atoms with Crippen LogP contribution in [-0.4, -0.2) is 189 Å². The van der Waals surface area contributed by atoms with Crippen LogP contribution >= 0.6 is 34.8 Å². The van der Waals surface area contributed by atoms with E-state index in [9.17, 15) is 39.0 Å². The largest absolute Gasteiger partial charge is 0.507 e. The summed E-state index contributed by atoms with van der Waals surface area (Å²) in [5.74, 6) is 11.0. The minimum absolute atomic E-state index is 0. The lowest BCUT2D eigenvalue weighted by molar-refractivity contribution is -0.148. The number of aromatic nitrogens is 4. The number of aryl methyl sites for hydroxylation is 2. The third kappa shape index (κ3) is 20.9. The van der Waals surface area contributed by atoms with Gasteiger partial charge in [-0.05, 0) is 108 Å². The van der Waals surface area contributed by atoms with Crippen molar-refractivity contribution in [2.45, 2.75) is 46.4 Å². The maximum absolute atomic E-state index is 14.1. The summed E-state index contributed by atoms with van der Waals surface area (Å²) in [7, 11) is 3.54. The minimum atomic E-state index is -0.994. The number of phenols is 2. The van der Waals surface area contributed by atoms with Crippen LogP contribution in [0.25, 0.3) is 22.5 Å². The molecule has 2 aromatic heterocycles. The molecular weight excluding hydrogens is 1370 g/mol. The number of nitrogens with two attached hydrogens (primary N) is 1. The van der Waals surface area contributed by atoms with E-state index in [1.165, 1.54) is 21.9 Å². The molecule has 0 radical (unpaired) electrons. The van der Waals surface area contributed by atoms with Crippen LogP contribution in [0.2, 0.25) is 10.0 Å². The molecule has 0 saturated carbocycles. The first-order chi connectivity index (χ1) is 47.9. The van der Waals surface area contributed by atoms with Crippen LogP contribution in [-0.2, 0) is 52.2 Å². The number of amides is 7. The van der Waals surface area contributed by atoms with Crippen LogP contribution in [0.5, 0.6) is 11.5 Å². The van der Waals surface area contributed by atoms with Crippen molar-refractivity contribution in [1.29, 1.82) is 0 Å². The molecule has 12 rings (SSSR count). The van der Waals surface area contributed by atoms with Gasteiger partial charge in [-0.3, -0.25) is 33.3 Å². The molecule has 6 aromatic carbocycles. The number of rotatable bonds is 11. The highest BCUT2D eigenvalue weighted by atomic mass is 35.5. The van der Waals surface area contributed by atoms with E-state index in [0.29, 0.717) is 137 Å². The first-order valence-corrected chi connectivity index (χ1v) is 32.7. The van der Waals surface area contributed by atoms with E-state index in [-0.39, 0.29) is 89.9 Å². The summed E-state index contributed by atoms with van der Waals surface area (Å²) in [6, 6.07) is 37.6. The number of nitrogens with one attached hydrogen (secondary N) is 3. The molecule has 4 atom stereocenters. The zero-order chi connectivity index (χ0) is 70.0. The van der Waals surface area contributed by atoms with Gasteiger partial charge in [-0.2, -0.15) is 10.2 Å². The standard InChI is InChI=1S/C36H35ClN6O6.C31H28ClN5O4.C5H8ClNO2.3CH4/c1-41-22-26(32(40-41)29-21-27(37)11-14-31(29)44)10-7-24-8-12-28(13-9-24)38-34(45)30-23-49-20-17-43(30)35(46)33(25-5-3-2-4-6-25)39-36(47)42-15-18-48-19-16-42;1-36-18-22(29(35-36)25-17-23(32)11-14-27(25)38)10-7-20-8-12-24(13-9-20)34-30(39)26-19-41-16-15-37(26)31(40)28(33)21-5-3-2-4-6-21;6-5(8)7-1-3-9-4-2-7;;;/h2-6,8-9,11-14,21-22,30,33,44H,15-20,23H2,1H3,(H,38,45)(H,39,47);2-6,8-9,11-14,17-18,26,28,38H,15-16,19,33H2,1H3,(H,34,39);1-4H2;3*1H4/t30-,33+;26-,28+;;;;/m00..../s1. The van der Waals surface area contributed by atoms with Gasteiger partial charge < -0.3 is 70.4 Å². The second-order valence-corrected chi connectivity index (χ2v) is 24.2. The molecule has 7 N–H and O–H groups in total. The third-order valence-electron chi connectivity index (χ3n) is 16.1. The number of carbonyl (C=O) groups is 6. The molecular formula is C75H83Cl3N12O12. The lowest BCUT2D eigenvalue weighted by Gasteiger charge is -2.37. The number of benzene rings is 6. The molecule has 27 heteroatoms. The van der Waals surface area contributed by atoms with Crippen LogP contribution < -0.4 is 21.7 Å². The topological polar surface area (TPSA) is 291 Å². The predicted molar refractivity (Wildman–Crippen MR) is 393 cm³/mol. The van der Waals surface area contributed by atoms with Crippen LogP contribution in [0.3, 0.4) is 0 Å². The van der Waals surface area contributed by atoms with Gasteiger partial charge in [0.05, 0.1) is 64.0 Å². The fourth-order valence-electron chi connectivity index (χ4n) is 10.9. The Hall–Kier alpha value is -10.3. The Morgan fingerprint density at radius 2 is 0.922 bits per heavy atom. The van der Waals surface area contributed by atoms with Crippen LogP contribution in [0, 0.1) is 23.7 Å². The summed E-state index contributed by atoms with van der Waals surface area (Å²) in [4.78, 5) is 83.7. The Kier molecular flexibility index (Phi) is 29.4. The summed E-state index contributed by atoms with van der Waals surface area (Å²) in [5, 5.41) is 38.8. The van der Waals surface area contributed by atoms with Gasteiger partial charge in [0.2, 0.25) is 17.7 Å². The van der Waals surface area contributed by atoms with E-state index in [2.05, 4.69) is 49.8 Å². The molecule has 4 aliphatic heterocycles. The molecule has 536 valence electrons. The Balaban J connectivity index is 0.000000250. The van der Waals surface area contributed by atoms with Crippen molar-refractivity contribution in [2.75, 3.05) is 103 Å². The molecule has 102 heavy (non-hydrogen) atoms. The van der Waals surface area contributed by atoms with E-state index in [4.69, 9.17) is 59.5 Å². The maximum Gasteiger partial charge on any atom is 0.318 e. The van der Waals surface area contributed by atoms with Crippen molar-refractivity contribution < 1.29 is 57.9 Å². The Bertz CT molecular complexity index is 4300. The molecule has 8 aromatic rings. The summed E-state index contributed by atoms with van der Waals surface area (Å²) in [6.07, 6.45) is 3.52. The third-order valence-corrected chi connectivity index (χ3v) is 16.8. The van der Waals surface area contributed by atoms with Gasteiger partial charge in [0.15, 0.2) is 0 Å². The number of morpholine rings is 4. The molecule has 0 bridgehead atoms. The zero-order valence-corrected chi connectivity index (χ0v) is 56.3. The minimum Gasteiger partial charge on any atom is -0.507 e. The molecule has 4 saturated heterocycles. The van der Waals surface area contributed by atoms with E-state index < -0.39 is 36.0 Å². The van der Waals surface area contributed by atoms with Gasteiger partial charge >= 0.3 is 11.4 Å². The van der Waals surface area contributed by atoms with Gasteiger partial charge in [0.1, 0.15) is 47.1 Å². The normalized spacial score (nSPS) is 16.0. The molecule has 0 spiro atoms. The molecule has 0 unspecified atom stereocenters. The summed E-state index contributed by atoms with van der Waals surface area (Å²) in [5.41, 5.74) is 13.2. The average Bonchev–Trinajstić information content (AvgIpc) is 1.33. The molecule has 6 heterocycles. The SMILES string of the molecule is C.C.C.Cn1cc(C#Cc2ccc(NC(=O)[C@@H]3COCCN3C(=O)[C@H](N)c3ccccc3)cc2)c(-c2cc(Cl)ccc2O)n1.Cn1cc(C#Cc2ccc(NC(=O)[C@@H]3COCCN3C(=O)[C@H](NC(=O)N3CCOCC3)c3ccccc3)cc2)c(-c2cc(Cl)ccc2O)n1.O=C(Cl)N1CCOCC1. The number of nitrogens with zero attached hydrogens (tertiary/aromatic N) is 8. The first-order valence-electron chi connectivity index (χ1n) is 31.6. The van der Waals surface area contributed by atoms with Crippen molar-refractivity contribution in [3.8, 4) is 57.7 Å². The van der Waals surface area contributed by atoms with Gasteiger partial charge in [-0.25, -0.2) is 4.79 Å². The van der Waals surface area contributed by atoms with Crippen molar-refractivity contribution in [2.24, 2.45) is 19.8 Å². The maximum atomic E-state index is 14.1. The fraction of sp³-hybridized carbons (Fsp3) is 0.307. The Morgan fingerprint density at radius 3 is 1.34 bits per heavy atom. The van der Waals surface area contributed by atoms with Gasteiger partial charge in [0, 0.05) is 109 Å². The van der Waals surface area contributed by atoms with E-state index >= 15 is 0 Å². The Labute approximate surface area is 608 Å². The highest BCUT2D eigenvalue weighted by molar-refractivity contribution is 6.62. The highest BCUT2D eigenvalue weighted by Gasteiger charge is 2.39.